The molecule has 1 aromatic rings. The van der Waals surface area contributed by atoms with Gasteiger partial charge in [-0.2, -0.15) is 0 Å². The minimum Gasteiger partial charge on any atom is -0.489 e. The highest BCUT2D eigenvalue weighted by Crippen LogP contribution is 2.30. The van der Waals surface area contributed by atoms with Gasteiger partial charge < -0.3 is 14.8 Å². The van der Waals surface area contributed by atoms with Crippen LogP contribution in [0.5, 0.6) is 5.75 Å². The second-order valence-electron chi connectivity index (χ2n) is 2.83. The number of methoxy groups -OCH3 is 1. The van der Waals surface area contributed by atoms with Gasteiger partial charge in [-0.25, -0.2) is 4.79 Å². The van der Waals surface area contributed by atoms with Gasteiger partial charge in [-0.05, 0) is 0 Å². The summed E-state index contributed by atoms with van der Waals surface area (Å²) in [5.74, 6) is 0.0937. The van der Waals surface area contributed by atoms with Crippen LogP contribution in [0.25, 0.3) is 0 Å². The number of rotatable bonds is 1. The number of ether oxygens (including phenoxy) is 2. The number of esters is 1. The fraction of sp³-hybridized carbons (Fsp3) is 0.333. The Balaban J connectivity index is 2.45. The van der Waals surface area contributed by atoms with E-state index in [-0.39, 0.29) is 0 Å². The molecule has 0 saturated heterocycles. The SMILES string of the molecule is COC(=O)c1cncc2c1OCCN2. The number of anilines is 1. The van der Waals surface area contributed by atoms with Gasteiger partial charge in [-0.3, -0.25) is 4.98 Å². The highest BCUT2D eigenvalue weighted by atomic mass is 16.5. The lowest BCUT2D eigenvalue weighted by Gasteiger charge is -2.20. The Morgan fingerprint density at radius 2 is 2.50 bits per heavy atom. The monoisotopic (exact) mass is 194 g/mol. The predicted octanol–water partition coefficient (Wildman–Crippen LogP) is 0.672. The van der Waals surface area contributed by atoms with Crippen molar-refractivity contribution in [1.82, 2.24) is 4.98 Å². The van der Waals surface area contributed by atoms with E-state index in [1.807, 2.05) is 0 Å². The third-order valence-electron chi connectivity index (χ3n) is 1.97. The van der Waals surface area contributed by atoms with E-state index in [0.29, 0.717) is 17.9 Å². The summed E-state index contributed by atoms with van der Waals surface area (Å²) in [6, 6.07) is 0. The molecule has 0 radical (unpaired) electrons. The molecule has 0 aliphatic carbocycles. The first kappa shape index (κ1) is 8.80. The molecule has 1 aliphatic heterocycles. The van der Waals surface area contributed by atoms with E-state index >= 15 is 0 Å². The molecule has 5 nitrogen and oxygen atoms in total. The van der Waals surface area contributed by atoms with Crippen molar-refractivity contribution in [2.75, 3.05) is 25.6 Å². The summed E-state index contributed by atoms with van der Waals surface area (Å²) in [5.41, 5.74) is 1.09. The average molecular weight is 194 g/mol. The molecule has 14 heavy (non-hydrogen) atoms. The zero-order chi connectivity index (χ0) is 9.97. The van der Waals surface area contributed by atoms with Crippen molar-refractivity contribution in [3.63, 3.8) is 0 Å². The van der Waals surface area contributed by atoms with Crippen LogP contribution in [0.3, 0.4) is 0 Å². The Kier molecular flexibility index (Phi) is 2.22. The summed E-state index contributed by atoms with van der Waals surface area (Å²) in [5, 5.41) is 3.09. The number of carbonyl (C=O) groups excluding carboxylic acids is 1. The van der Waals surface area contributed by atoms with E-state index in [0.717, 1.165) is 12.2 Å². The fourth-order valence-electron chi connectivity index (χ4n) is 1.32. The van der Waals surface area contributed by atoms with Gasteiger partial charge in [-0.15, -0.1) is 0 Å². The van der Waals surface area contributed by atoms with Crippen molar-refractivity contribution < 1.29 is 14.3 Å². The van der Waals surface area contributed by atoms with E-state index in [4.69, 9.17) is 4.74 Å². The maximum absolute atomic E-state index is 11.3. The van der Waals surface area contributed by atoms with Crippen molar-refractivity contribution >= 4 is 11.7 Å². The van der Waals surface area contributed by atoms with Gasteiger partial charge in [0.05, 0.1) is 19.0 Å². The molecule has 0 atom stereocenters. The zero-order valence-electron chi connectivity index (χ0n) is 7.74. The van der Waals surface area contributed by atoms with Gasteiger partial charge >= 0.3 is 5.97 Å². The van der Waals surface area contributed by atoms with Crippen LogP contribution >= 0.6 is 0 Å². The number of nitrogens with zero attached hydrogens (tertiary/aromatic N) is 1. The summed E-state index contributed by atoms with van der Waals surface area (Å²) in [7, 11) is 1.33. The second kappa shape index (κ2) is 3.53. The topological polar surface area (TPSA) is 60.5 Å². The van der Waals surface area contributed by atoms with Gasteiger partial charge in [0.15, 0.2) is 5.75 Å². The Hall–Kier alpha value is -1.78. The number of aromatic nitrogens is 1. The van der Waals surface area contributed by atoms with Crippen LogP contribution in [0.4, 0.5) is 5.69 Å². The first-order chi connectivity index (χ1) is 6.83. The molecule has 2 rings (SSSR count). The van der Waals surface area contributed by atoms with Crippen LogP contribution in [0, 0.1) is 0 Å². The van der Waals surface area contributed by atoms with Gasteiger partial charge in [0, 0.05) is 12.7 Å². The molecular weight excluding hydrogens is 184 g/mol. The van der Waals surface area contributed by atoms with Crippen LogP contribution in [-0.2, 0) is 4.74 Å². The van der Waals surface area contributed by atoms with Crippen molar-refractivity contribution in [2.24, 2.45) is 0 Å². The van der Waals surface area contributed by atoms with Crippen LogP contribution < -0.4 is 10.1 Å². The molecule has 74 valence electrons. The molecule has 1 aliphatic rings. The Morgan fingerprint density at radius 1 is 1.64 bits per heavy atom. The maximum Gasteiger partial charge on any atom is 0.343 e. The standard InChI is InChI=1S/C9H10N2O3/c1-13-9(12)6-4-10-5-7-8(6)14-3-2-11-7/h4-5,11H,2-3H2,1H3. The van der Waals surface area contributed by atoms with E-state index in [2.05, 4.69) is 15.0 Å². The maximum atomic E-state index is 11.3. The molecular formula is C9H10N2O3. The summed E-state index contributed by atoms with van der Waals surface area (Å²) < 4.78 is 9.99. The second-order valence-corrected chi connectivity index (χ2v) is 2.83. The predicted molar refractivity (Wildman–Crippen MR) is 49.6 cm³/mol. The van der Waals surface area contributed by atoms with Crippen LogP contribution in [0.1, 0.15) is 10.4 Å². The smallest absolute Gasteiger partial charge is 0.343 e. The number of nitrogens with one attached hydrogen (secondary N) is 1. The normalized spacial score (nSPS) is 13.5. The molecule has 0 fully saturated rings. The summed E-state index contributed by atoms with van der Waals surface area (Å²) in [6.07, 6.45) is 3.07. The van der Waals surface area contributed by atoms with Crippen molar-refractivity contribution in [3.8, 4) is 5.75 Å². The number of carbonyl (C=O) groups is 1. The van der Waals surface area contributed by atoms with E-state index < -0.39 is 5.97 Å². The van der Waals surface area contributed by atoms with E-state index in [1.54, 1.807) is 6.20 Å². The average Bonchev–Trinajstić information content (AvgIpc) is 2.27. The van der Waals surface area contributed by atoms with Crippen LogP contribution in [0.15, 0.2) is 12.4 Å². The van der Waals surface area contributed by atoms with Crippen molar-refractivity contribution in [2.45, 2.75) is 0 Å². The number of hydrogen-bond donors (Lipinski definition) is 1. The fourth-order valence-corrected chi connectivity index (χ4v) is 1.32. The third kappa shape index (κ3) is 1.37. The molecule has 0 amide bonds. The molecule has 0 unspecified atom stereocenters. The quantitative estimate of drug-likeness (QED) is 0.666. The molecule has 0 bridgehead atoms. The zero-order valence-corrected chi connectivity index (χ0v) is 7.74. The lowest BCUT2D eigenvalue weighted by molar-refractivity contribution is 0.0595. The minimum atomic E-state index is -0.432. The molecule has 0 spiro atoms. The Morgan fingerprint density at radius 3 is 3.29 bits per heavy atom. The molecule has 1 aromatic heterocycles. The molecule has 0 aromatic carbocycles. The molecule has 1 N–H and O–H groups in total. The number of pyridine rings is 1. The third-order valence-corrected chi connectivity index (χ3v) is 1.97. The van der Waals surface area contributed by atoms with E-state index in [9.17, 15) is 4.79 Å². The van der Waals surface area contributed by atoms with Crippen molar-refractivity contribution in [3.05, 3.63) is 18.0 Å². The molecule has 5 heteroatoms. The molecule has 0 saturated carbocycles. The van der Waals surface area contributed by atoms with Crippen LogP contribution in [-0.4, -0.2) is 31.2 Å². The Bertz CT molecular complexity index is 365. The Labute approximate surface area is 81.0 Å². The summed E-state index contributed by atoms with van der Waals surface area (Å²) in [6.45, 7) is 1.26. The van der Waals surface area contributed by atoms with Crippen molar-refractivity contribution in [1.29, 1.82) is 0 Å². The highest BCUT2D eigenvalue weighted by molar-refractivity contribution is 5.94. The largest absolute Gasteiger partial charge is 0.489 e. The minimum absolute atomic E-state index is 0.359. The van der Waals surface area contributed by atoms with Gasteiger partial charge in [0.2, 0.25) is 0 Å². The first-order valence-electron chi connectivity index (χ1n) is 4.26. The van der Waals surface area contributed by atoms with Gasteiger partial charge in [0.1, 0.15) is 12.2 Å². The number of hydrogen-bond acceptors (Lipinski definition) is 5. The van der Waals surface area contributed by atoms with Gasteiger partial charge in [-0.1, -0.05) is 0 Å². The summed E-state index contributed by atoms with van der Waals surface area (Å²) >= 11 is 0. The van der Waals surface area contributed by atoms with E-state index in [1.165, 1.54) is 13.3 Å². The lowest BCUT2D eigenvalue weighted by atomic mass is 10.2. The number of fused-ring (bicyclic) bond motifs is 1. The lowest BCUT2D eigenvalue weighted by Crippen LogP contribution is -2.20. The van der Waals surface area contributed by atoms with Gasteiger partial charge in [0.25, 0.3) is 0 Å². The highest BCUT2D eigenvalue weighted by Gasteiger charge is 2.19. The first-order valence-corrected chi connectivity index (χ1v) is 4.26. The van der Waals surface area contributed by atoms with Crippen LogP contribution in [0.2, 0.25) is 0 Å². The molecule has 2 heterocycles. The summed E-state index contributed by atoms with van der Waals surface area (Å²) in [4.78, 5) is 15.2.